The lowest BCUT2D eigenvalue weighted by Gasteiger charge is -2.34. The van der Waals surface area contributed by atoms with Crippen LogP contribution in [-0.2, 0) is 13.1 Å². The van der Waals surface area contributed by atoms with Crippen molar-refractivity contribution in [3.05, 3.63) is 41.1 Å². The van der Waals surface area contributed by atoms with Crippen LogP contribution >= 0.6 is 11.3 Å². The Morgan fingerprint density at radius 3 is 2.30 bits per heavy atom. The van der Waals surface area contributed by atoms with Crippen LogP contribution in [0, 0.1) is 0 Å². The summed E-state index contributed by atoms with van der Waals surface area (Å²) in [6.07, 6.45) is 0. The SMILES string of the molecule is COc1ccc(CN2CCN(Cc3nc(-c4cccs4)no3)CC2)c(OC)c1OC. The third kappa shape index (κ3) is 4.43. The molecule has 0 atom stereocenters. The van der Waals surface area contributed by atoms with Gasteiger partial charge in [0.2, 0.25) is 17.5 Å². The van der Waals surface area contributed by atoms with E-state index in [-0.39, 0.29) is 0 Å². The molecule has 1 aliphatic rings. The van der Waals surface area contributed by atoms with Crippen LogP contribution < -0.4 is 14.2 Å². The second-order valence-corrected chi connectivity index (χ2v) is 7.98. The number of benzene rings is 1. The van der Waals surface area contributed by atoms with Gasteiger partial charge in [0.25, 0.3) is 0 Å². The number of aromatic nitrogens is 2. The van der Waals surface area contributed by atoms with Gasteiger partial charge in [0.05, 0.1) is 32.8 Å². The molecule has 160 valence electrons. The fourth-order valence-electron chi connectivity index (χ4n) is 3.65. The van der Waals surface area contributed by atoms with Crippen molar-refractivity contribution in [1.29, 1.82) is 0 Å². The number of hydrogen-bond acceptors (Lipinski definition) is 9. The molecule has 0 bridgehead atoms. The summed E-state index contributed by atoms with van der Waals surface area (Å²) in [6, 6.07) is 7.95. The maximum atomic E-state index is 5.62. The van der Waals surface area contributed by atoms with Gasteiger partial charge in [-0.05, 0) is 17.5 Å². The highest BCUT2D eigenvalue weighted by molar-refractivity contribution is 7.13. The van der Waals surface area contributed by atoms with Gasteiger partial charge in [0, 0.05) is 38.3 Å². The molecule has 0 aliphatic carbocycles. The highest BCUT2D eigenvalue weighted by Crippen LogP contribution is 2.40. The highest BCUT2D eigenvalue weighted by Gasteiger charge is 2.22. The average Bonchev–Trinajstić information content (AvgIpc) is 3.46. The second-order valence-electron chi connectivity index (χ2n) is 7.03. The Bertz CT molecular complexity index is 952. The summed E-state index contributed by atoms with van der Waals surface area (Å²) in [4.78, 5) is 10.3. The van der Waals surface area contributed by atoms with Gasteiger partial charge in [0.1, 0.15) is 0 Å². The lowest BCUT2D eigenvalue weighted by atomic mass is 10.1. The standard InChI is InChI=1S/C21H26N4O4S/c1-26-16-7-6-15(19(27-2)20(16)28-3)13-24-8-10-25(11-9-24)14-18-22-21(23-29-18)17-5-4-12-30-17/h4-7,12H,8-11,13-14H2,1-3H3. The first kappa shape index (κ1) is 20.6. The van der Waals surface area contributed by atoms with E-state index < -0.39 is 0 Å². The van der Waals surface area contributed by atoms with Gasteiger partial charge in [0.15, 0.2) is 11.5 Å². The molecule has 0 spiro atoms. The summed E-state index contributed by atoms with van der Waals surface area (Å²) in [5.41, 5.74) is 1.08. The lowest BCUT2D eigenvalue weighted by molar-refractivity contribution is 0.111. The fourth-order valence-corrected chi connectivity index (χ4v) is 4.30. The Hall–Kier alpha value is -2.62. The summed E-state index contributed by atoms with van der Waals surface area (Å²) in [5.74, 6) is 3.36. The minimum absolute atomic E-state index is 0.633. The largest absolute Gasteiger partial charge is 0.493 e. The predicted octanol–water partition coefficient (Wildman–Crippen LogP) is 3.14. The van der Waals surface area contributed by atoms with E-state index in [4.69, 9.17) is 18.7 Å². The Labute approximate surface area is 180 Å². The van der Waals surface area contributed by atoms with Crippen molar-refractivity contribution in [1.82, 2.24) is 19.9 Å². The summed E-state index contributed by atoms with van der Waals surface area (Å²) >= 11 is 1.61. The van der Waals surface area contributed by atoms with Crippen LogP contribution in [-0.4, -0.2) is 67.4 Å². The molecule has 0 unspecified atom stereocenters. The van der Waals surface area contributed by atoms with E-state index >= 15 is 0 Å². The maximum Gasteiger partial charge on any atom is 0.241 e. The molecule has 0 N–H and O–H groups in total. The van der Waals surface area contributed by atoms with Gasteiger partial charge in [-0.15, -0.1) is 11.3 Å². The highest BCUT2D eigenvalue weighted by atomic mass is 32.1. The van der Waals surface area contributed by atoms with Crippen molar-refractivity contribution in [2.45, 2.75) is 13.1 Å². The zero-order valence-electron chi connectivity index (χ0n) is 17.5. The topological polar surface area (TPSA) is 73.1 Å². The van der Waals surface area contributed by atoms with Gasteiger partial charge >= 0.3 is 0 Å². The van der Waals surface area contributed by atoms with Crippen LogP contribution in [0.2, 0.25) is 0 Å². The number of piperazine rings is 1. The molecule has 3 aromatic rings. The molecule has 1 aromatic carbocycles. The van der Waals surface area contributed by atoms with E-state index in [1.807, 2.05) is 29.6 Å². The first-order valence-electron chi connectivity index (χ1n) is 9.80. The number of hydrogen-bond donors (Lipinski definition) is 0. The molecule has 1 aliphatic heterocycles. The molecule has 9 heteroatoms. The quantitative estimate of drug-likeness (QED) is 0.540. The van der Waals surface area contributed by atoms with Crippen molar-refractivity contribution in [2.24, 2.45) is 0 Å². The molecule has 0 saturated carbocycles. The molecule has 4 rings (SSSR count). The van der Waals surface area contributed by atoms with E-state index in [2.05, 4.69) is 19.9 Å². The van der Waals surface area contributed by atoms with Crippen molar-refractivity contribution in [3.8, 4) is 28.0 Å². The number of ether oxygens (including phenoxy) is 3. The van der Waals surface area contributed by atoms with Crippen LogP contribution in [0.15, 0.2) is 34.2 Å². The minimum atomic E-state index is 0.633. The molecule has 1 saturated heterocycles. The third-order valence-corrected chi connectivity index (χ3v) is 6.08. The zero-order valence-corrected chi connectivity index (χ0v) is 18.3. The zero-order chi connectivity index (χ0) is 20.9. The molecular formula is C21H26N4O4S. The molecule has 0 amide bonds. The number of nitrogens with zero attached hydrogens (tertiary/aromatic N) is 4. The van der Waals surface area contributed by atoms with Gasteiger partial charge in [-0.25, -0.2) is 0 Å². The Morgan fingerprint density at radius 2 is 1.67 bits per heavy atom. The van der Waals surface area contributed by atoms with Gasteiger partial charge < -0.3 is 18.7 Å². The van der Waals surface area contributed by atoms with Gasteiger partial charge in [-0.1, -0.05) is 17.3 Å². The third-order valence-electron chi connectivity index (χ3n) is 5.21. The van der Waals surface area contributed by atoms with Crippen molar-refractivity contribution in [2.75, 3.05) is 47.5 Å². The van der Waals surface area contributed by atoms with E-state index in [0.29, 0.717) is 29.8 Å². The predicted molar refractivity (Wildman–Crippen MR) is 114 cm³/mol. The van der Waals surface area contributed by atoms with Crippen LogP contribution in [0.4, 0.5) is 0 Å². The smallest absolute Gasteiger partial charge is 0.241 e. The van der Waals surface area contributed by atoms with Crippen molar-refractivity contribution < 1.29 is 18.7 Å². The number of thiophene rings is 1. The maximum absolute atomic E-state index is 5.62. The van der Waals surface area contributed by atoms with Gasteiger partial charge in [-0.3, -0.25) is 9.80 Å². The molecule has 0 radical (unpaired) electrons. The van der Waals surface area contributed by atoms with Crippen molar-refractivity contribution >= 4 is 11.3 Å². The first-order valence-corrected chi connectivity index (χ1v) is 10.7. The number of rotatable bonds is 8. The van der Waals surface area contributed by atoms with Crippen LogP contribution in [0.3, 0.4) is 0 Å². The van der Waals surface area contributed by atoms with Crippen LogP contribution in [0.1, 0.15) is 11.5 Å². The summed E-state index contributed by atoms with van der Waals surface area (Å²) in [5, 5.41) is 6.11. The van der Waals surface area contributed by atoms with Crippen LogP contribution in [0.25, 0.3) is 10.7 Å². The Kier molecular flexibility index (Phi) is 6.51. The summed E-state index contributed by atoms with van der Waals surface area (Å²) in [6.45, 7) is 5.23. The van der Waals surface area contributed by atoms with E-state index in [9.17, 15) is 0 Å². The second kappa shape index (κ2) is 9.46. The Balaban J connectivity index is 1.34. The fraction of sp³-hybridized carbons (Fsp3) is 0.429. The molecular weight excluding hydrogens is 404 g/mol. The Morgan fingerprint density at radius 1 is 0.933 bits per heavy atom. The van der Waals surface area contributed by atoms with Crippen LogP contribution in [0.5, 0.6) is 17.2 Å². The van der Waals surface area contributed by atoms with E-state index in [0.717, 1.165) is 48.9 Å². The summed E-state index contributed by atoms with van der Waals surface area (Å²) in [7, 11) is 4.92. The normalized spacial score (nSPS) is 15.3. The number of methoxy groups -OCH3 is 3. The molecule has 8 nitrogen and oxygen atoms in total. The molecule has 30 heavy (non-hydrogen) atoms. The first-order chi connectivity index (χ1) is 14.7. The lowest BCUT2D eigenvalue weighted by Crippen LogP contribution is -2.45. The monoisotopic (exact) mass is 430 g/mol. The minimum Gasteiger partial charge on any atom is -0.493 e. The molecule has 2 aromatic heterocycles. The molecule has 3 heterocycles. The summed E-state index contributed by atoms with van der Waals surface area (Å²) < 4.78 is 21.9. The van der Waals surface area contributed by atoms with E-state index in [1.54, 1.807) is 32.7 Å². The van der Waals surface area contributed by atoms with E-state index in [1.165, 1.54) is 0 Å². The van der Waals surface area contributed by atoms with Gasteiger partial charge in [-0.2, -0.15) is 4.98 Å². The molecule has 1 fully saturated rings. The van der Waals surface area contributed by atoms with Crippen molar-refractivity contribution in [3.63, 3.8) is 0 Å². The average molecular weight is 431 g/mol.